The number of benzene rings is 1. The van der Waals surface area contributed by atoms with Crippen LogP contribution < -0.4 is 10.2 Å². The molecule has 1 aromatic carbocycles. The molecule has 6 nitrogen and oxygen atoms in total. The van der Waals surface area contributed by atoms with E-state index in [1.807, 2.05) is 24.3 Å². The van der Waals surface area contributed by atoms with E-state index in [-0.39, 0.29) is 18.6 Å². The molecule has 2 bridgehead atoms. The van der Waals surface area contributed by atoms with Crippen LogP contribution in [-0.4, -0.2) is 33.7 Å². The fraction of sp³-hybridized carbons (Fsp3) is 0.588. The van der Waals surface area contributed by atoms with Gasteiger partial charge in [0.1, 0.15) is 11.0 Å². The topological polar surface area (TPSA) is 69.0 Å². The zero-order valence-electron chi connectivity index (χ0n) is 13.3. The molecule has 2 aromatic rings. The van der Waals surface area contributed by atoms with Gasteiger partial charge in [0.25, 0.3) is 5.91 Å². The summed E-state index contributed by atoms with van der Waals surface area (Å²) >= 11 is 0. The van der Waals surface area contributed by atoms with Crippen LogP contribution >= 0.6 is 0 Å². The second-order valence-corrected chi connectivity index (χ2v) is 6.92. The molecule has 1 aromatic heterocycles. The molecular weight excluding hydrogens is 292 g/mol. The van der Waals surface area contributed by atoms with E-state index in [0.717, 1.165) is 22.9 Å². The van der Waals surface area contributed by atoms with E-state index >= 15 is 0 Å². The van der Waals surface area contributed by atoms with E-state index in [1.165, 1.54) is 30.5 Å². The second kappa shape index (κ2) is 5.83. The molecule has 4 rings (SSSR count). The maximum absolute atomic E-state index is 12.2. The van der Waals surface area contributed by atoms with Crippen LogP contribution in [0, 0.1) is 17.8 Å². The monoisotopic (exact) mass is 314 g/mol. The number of nitrogens with one attached hydrogen (secondary N) is 1. The Morgan fingerprint density at radius 2 is 2.26 bits per heavy atom. The lowest BCUT2D eigenvalue weighted by molar-refractivity contribution is -0.127. The molecule has 0 unspecified atom stereocenters. The summed E-state index contributed by atoms with van der Waals surface area (Å²) in [4.78, 5) is 18.9. The molecule has 6 heteroatoms. The first-order chi connectivity index (χ1) is 11.2. The van der Waals surface area contributed by atoms with E-state index in [0.29, 0.717) is 5.92 Å². The third-order valence-corrected chi connectivity index (χ3v) is 5.46. The number of carbonyl (C=O) groups excluding carboxylic acids is 1. The summed E-state index contributed by atoms with van der Waals surface area (Å²) in [5.41, 5.74) is 1.52. The third-order valence-electron chi connectivity index (χ3n) is 5.46. The molecule has 23 heavy (non-hydrogen) atoms. The van der Waals surface area contributed by atoms with Crippen LogP contribution in [0.5, 0.6) is 0 Å². The summed E-state index contributed by atoms with van der Waals surface area (Å²) in [6.07, 6.45) is 5.33. The van der Waals surface area contributed by atoms with Crippen LogP contribution in [0.3, 0.4) is 0 Å². The summed E-state index contributed by atoms with van der Waals surface area (Å²) in [6.45, 7) is 2.08. The molecular formula is C17H22N4O2. The predicted molar refractivity (Wildman–Crippen MR) is 85.5 cm³/mol. The van der Waals surface area contributed by atoms with E-state index in [1.54, 1.807) is 0 Å². The minimum atomic E-state index is -0.0974. The second-order valence-electron chi connectivity index (χ2n) is 6.92. The SMILES string of the molecule is C[C@@H](NC(=O)COn1nnc2ccccc21)[C@@H]1C[C@@H]2CC[C@@H]1C2. The smallest absolute Gasteiger partial charge is 0.260 e. The standard InChI is InChI=1S/C17H22N4O2/c1-11(14-9-12-6-7-13(14)8-12)18-17(22)10-23-21-16-5-3-2-4-15(16)19-20-21/h2-5,11-14H,6-10H2,1H3,(H,18,22)/t11-,12-,13-,14+/m1/s1. The highest BCUT2D eigenvalue weighted by Gasteiger charge is 2.42. The fourth-order valence-electron chi connectivity index (χ4n) is 4.37. The van der Waals surface area contributed by atoms with Crippen LogP contribution in [0.15, 0.2) is 24.3 Å². The molecule has 1 N–H and O–H groups in total. The van der Waals surface area contributed by atoms with Gasteiger partial charge in [0.15, 0.2) is 6.61 Å². The Morgan fingerprint density at radius 1 is 1.39 bits per heavy atom. The largest absolute Gasteiger partial charge is 0.385 e. The van der Waals surface area contributed by atoms with Crippen molar-refractivity contribution >= 4 is 16.9 Å². The number of nitrogens with zero attached hydrogens (tertiary/aromatic N) is 3. The lowest BCUT2D eigenvalue weighted by atomic mass is 9.84. The minimum Gasteiger partial charge on any atom is -0.385 e. The van der Waals surface area contributed by atoms with Gasteiger partial charge in [0, 0.05) is 6.04 Å². The Labute approximate surface area is 135 Å². The van der Waals surface area contributed by atoms with Crippen molar-refractivity contribution in [3.63, 3.8) is 0 Å². The van der Waals surface area contributed by atoms with Crippen molar-refractivity contribution in [2.75, 3.05) is 6.61 Å². The van der Waals surface area contributed by atoms with Crippen LogP contribution in [0.1, 0.15) is 32.6 Å². The van der Waals surface area contributed by atoms with Gasteiger partial charge in [-0.05, 0) is 61.3 Å². The maximum atomic E-state index is 12.2. The first kappa shape index (κ1) is 14.5. The average molecular weight is 314 g/mol. The van der Waals surface area contributed by atoms with Gasteiger partial charge in [-0.15, -0.1) is 5.10 Å². The van der Waals surface area contributed by atoms with Crippen molar-refractivity contribution < 1.29 is 9.63 Å². The molecule has 1 amide bonds. The first-order valence-corrected chi connectivity index (χ1v) is 8.44. The Balaban J connectivity index is 1.32. The number of rotatable bonds is 5. The van der Waals surface area contributed by atoms with E-state index in [4.69, 9.17) is 4.84 Å². The van der Waals surface area contributed by atoms with Gasteiger partial charge < -0.3 is 10.2 Å². The van der Waals surface area contributed by atoms with Crippen molar-refractivity contribution in [1.82, 2.24) is 20.5 Å². The molecule has 2 aliphatic carbocycles. The highest BCUT2D eigenvalue weighted by atomic mass is 16.7. The molecule has 2 saturated carbocycles. The molecule has 2 aliphatic rings. The van der Waals surface area contributed by atoms with E-state index < -0.39 is 0 Å². The van der Waals surface area contributed by atoms with Gasteiger partial charge in [0.2, 0.25) is 0 Å². The van der Waals surface area contributed by atoms with Gasteiger partial charge in [-0.1, -0.05) is 23.4 Å². The van der Waals surface area contributed by atoms with E-state index in [9.17, 15) is 4.79 Å². The maximum Gasteiger partial charge on any atom is 0.260 e. The van der Waals surface area contributed by atoms with Crippen molar-refractivity contribution in [1.29, 1.82) is 0 Å². The Bertz CT molecular complexity index is 713. The molecule has 0 spiro atoms. The minimum absolute atomic E-state index is 0.0431. The lowest BCUT2D eigenvalue weighted by Gasteiger charge is -2.28. The van der Waals surface area contributed by atoms with Gasteiger partial charge in [-0.2, -0.15) is 0 Å². The summed E-state index contributed by atoms with van der Waals surface area (Å²) in [6, 6.07) is 7.73. The average Bonchev–Trinajstić information content (AvgIpc) is 3.28. The van der Waals surface area contributed by atoms with E-state index in [2.05, 4.69) is 22.6 Å². The molecule has 0 radical (unpaired) electrons. The molecule has 4 atom stereocenters. The van der Waals surface area contributed by atoms with Crippen molar-refractivity contribution in [2.24, 2.45) is 17.8 Å². The number of aromatic nitrogens is 3. The molecule has 0 aliphatic heterocycles. The predicted octanol–water partition coefficient (Wildman–Crippen LogP) is 1.80. The number of amides is 1. The Hall–Kier alpha value is -2.11. The van der Waals surface area contributed by atoms with Crippen LogP contribution in [0.2, 0.25) is 0 Å². The number of hydrogen-bond acceptors (Lipinski definition) is 4. The van der Waals surface area contributed by atoms with Gasteiger partial charge in [-0.25, -0.2) is 0 Å². The van der Waals surface area contributed by atoms with Crippen LogP contribution in [0.25, 0.3) is 11.0 Å². The summed E-state index contributed by atoms with van der Waals surface area (Å²) in [5.74, 6) is 2.22. The van der Waals surface area contributed by atoms with Gasteiger partial charge >= 0.3 is 0 Å². The normalized spacial score (nSPS) is 27.3. The first-order valence-electron chi connectivity index (χ1n) is 8.44. The van der Waals surface area contributed by atoms with Crippen molar-refractivity contribution in [2.45, 2.75) is 38.6 Å². The fourth-order valence-corrected chi connectivity index (χ4v) is 4.37. The van der Waals surface area contributed by atoms with Crippen molar-refractivity contribution in [3.8, 4) is 0 Å². The molecule has 1 heterocycles. The molecule has 0 saturated heterocycles. The third kappa shape index (κ3) is 2.78. The number of hydrogen-bond donors (Lipinski definition) is 1. The Morgan fingerprint density at radius 3 is 3.04 bits per heavy atom. The highest BCUT2D eigenvalue weighted by molar-refractivity contribution is 5.78. The Kier molecular flexibility index (Phi) is 3.67. The number of fused-ring (bicyclic) bond motifs is 3. The van der Waals surface area contributed by atoms with Gasteiger partial charge in [-0.3, -0.25) is 4.79 Å². The number of para-hydroxylation sites is 1. The summed E-state index contributed by atoms with van der Waals surface area (Å²) in [7, 11) is 0. The van der Waals surface area contributed by atoms with Gasteiger partial charge in [0.05, 0.1) is 0 Å². The molecule has 122 valence electrons. The molecule has 2 fully saturated rings. The zero-order valence-corrected chi connectivity index (χ0v) is 13.3. The lowest BCUT2D eigenvalue weighted by Crippen LogP contribution is -2.43. The number of carbonyl (C=O) groups is 1. The van der Waals surface area contributed by atoms with Crippen molar-refractivity contribution in [3.05, 3.63) is 24.3 Å². The zero-order chi connectivity index (χ0) is 15.8. The van der Waals surface area contributed by atoms with Crippen LogP contribution in [0.4, 0.5) is 0 Å². The van der Waals surface area contributed by atoms with Crippen LogP contribution in [-0.2, 0) is 4.79 Å². The summed E-state index contributed by atoms with van der Waals surface area (Å²) in [5, 5.41) is 11.0. The highest BCUT2D eigenvalue weighted by Crippen LogP contribution is 2.49. The summed E-state index contributed by atoms with van der Waals surface area (Å²) < 4.78 is 0. The quantitative estimate of drug-likeness (QED) is 0.914.